The van der Waals surface area contributed by atoms with E-state index in [1.165, 1.54) is 24.4 Å². The summed E-state index contributed by atoms with van der Waals surface area (Å²) in [4.78, 5) is 20.5. The highest BCUT2D eigenvalue weighted by Gasteiger charge is 2.21. The number of rotatable bonds is 6. The number of benzene rings is 1. The summed E-state index contributed by atoms with van der Waals surface area (Å²) in [6.45, 7) is 1.79. The fraction of sp³-hybridized carbons (Fsp3) is 0.444. The van der Waals surface area contributed by atoms with Gasteiger partial charge < -0.3 is 9.64 Å². The molecule has 0 unspecified atom stereocenters. The van der Waals surface area contributed by atoms with Crippen LogP contribution in [0.15, 0.2) is 36.7 Å². The van der Waals surface area contributed by atoms with Crippen molar-refractivity contribution < 1.29 is 9.66 Å². The minimum Gasteiger partial charge on any atom is -0.497 e. The van der Waals surface area contributed by atoms with Gasteiger partial charge in [-0.05, 0) is 49.3 Å². The van der Waals surface area contributed by atoms with E-state index in [9.17, 15) is 10.1 Å². The summed E-state index contributed by atoms with van der Waals surface area (Å²) in [5.74, 6) is 2.16. The molecule has 2 aromatic rings. The lowest BCUT2D eigenvalue weighted by molar-refractivity contribution is -0.385. The number of piperidine rings is 1. The van der Waals surface area contributed by atoms with Crippen molar-refractivity contribution in [2.75, 3.05) is 25.1 Å². The van der Waals surface area contributed by atoms with E-state index >= 15 is 0 Å². The van der Waals surface area contributed by atoms with Gasteiger partial charge >= 0.3 is 5.69 Å². The number of hydrogen-bond acceptors (Lipinski definition) is 6. The summed E-state index contributed by atoms with van der Waals surface area (Å²) < 4.78 is 5.18. The van der Waals surface area contributed by atoms with Crippen LogP contribution in [0.1, 0.15) is 24.8 Å². The van der Waals surface area contributed by atoms with Crippen molar-refractivity contribution in [1.29, 1.82) is 0 Å². The zero-order chi connectivity index (χ0) is 17.6. The Morgan fingerprint density at radius 2 is 1.84 bits per heavy atom. The molecule has 0 spiro atoms. The zero-order valence-electron chi connectivity index (χ0n) is 14.3. The van der Waals surface area contributed by atoms with Gasteiger partial charge in [-0.15, -0.1) is 0 Å². The van der Waals surface area contributed by atoms with Crippen LogP contribution in [0.25, 0.3) is 0 Å². The highest BCUT2D eigenvalue weighted by Crippen LogP contribution is 2.25. The topological polar surface area (TPSA) is 81.4 Å². The number of anilines is 1. The maximum absolute atomic E-state index is 10.7. The summed E-state index contributed by atoms with van der Waals surface area (Å²) in [6.07, 6.45) is 6.98. The fourth-order valence-electron chi connectivity index (χ4n) is 3.16. The molecule has 25 heavy (non-hydrogen) atoms. The van der Waals surface area contributed by atoms with Gasteiger partial charge in [0.05, 0.1) is 12.0 Å². The van der Waals surface area contributed by atoms with Crippen molar-refractivity contribution in [2.24, 2.45) is 5.92 Å². The van der Waals surface area contributed by atoms with Crippen molar-refractivity contribution in [3.8, 4) is 5.75 Å². The van der Waals surface area contributed by atoms with E-state index in [1.807, 2.05) is 12.1 Å². The van der Waals surface area contributed by atoms with Gasteiger partial charge in [0, 0.05) is 13.1 Å². The molecule has 0 radical (unpaired) electrons. The lowest BCUT2D eigenvalue weighted by Crippen LogP contribution is -2.35. The highest BCUT2D eigenvalue weighted by molar-refractivity contribution is 5.34. The molecule has 0 amide bonds. The van der Waals surface area contributed by atoms with Crippen LogP contribution in [-0.2, 0) is 6.42 Å². The predicted octanol–water partition coefficient (Wildman–Crippen LogP) is 3.24. The SMILES string of the molecule is COc1ccc(CCC2CCN(c3ncc([N+](=O)[O-])cn3)CC2)cc1. The van der Waals surface area contributed by atoms with Crippen LogP contribution in [0.2, 0.25) is 0 Å². The fourth-order valence-corrected chi connectivity index (χ4v) is 3.16. The number of hydrogen-bond donors (Lipinski definition) is 0. The molecule has 0 atom stereocenters. The number of ether oxygens (including phenoxy) is 1. The van der Waals surface area contributed by atoms with Crippen molar-refractivity contribution in [3.63, 3.8) is 0 Å². The molecule has 7 heteroatoms. The van der Waals surface area contributed by atoms with E-state index in [-0.39, 0.29) is 5.69 Å². The quantitative estimate of drug-likeness (QED) is 0.592. The van der Waals surface area contributed by atoms with Gasteiger partial charge in [0.1, 0.15) is 18.1 Å². The largest absolute Gasteiger partial charge is 0.497 e. The third-order valence-corrected chi connectivity index (χ3v) is 4.73. The van der Waals surface area contributed by atoms with Crippen LogP contribution in [0, 0.1) is 16.0 Å². The predicted molar refractivity (Wildman–Crippen MR) is 94.9 cm³/mol. The Morgan fingerprint density at radius 3 is 2.40 bits per heavy atom. The molecule has 1 aliphatic rings. The van der Waals surface area contributed by atoms with Gasteiger partial charge in [0.25, 0.3) is 0 Å². The molecule has 0 bridgehead atoms. The third kappa shape index (κ3) is 4.43. The second kappa shape index (κ2) is 7.92. The Balaban J connectivity index is 1.47. The van der Waals surface area contributed by atoms with E-state index in [1.54, 1.807) is 7.11 Å². The number of aryl methyl sites for hydroxylation is 1. The van der Waals surface area contributed by atoms with Gasteiger partial charge in [-0.25, -0.2) is 9.97 Å². The molecular formula is C18H22N4O3. The molecule has 1 aromatic carbocycles. The second-order valence-corrected chi connectivity index (χ2v) is 6.32. The molecule has 132 valence electrons. The van der Waals surface area contributed by atoms with Gasteiger partial charge in [0.2, 0.25) is 5.95 Å². The van der Waals surface area contributed by atoms with Crippen LogP contribution in [0.4, 0.5) is 11.6 Å². The Labute approximate surface area is 146 Å². The van der Waals surface area contributed by atoms with Crippen molar-refractivity contribution >= 4 is 11.6 Å². The molecular weight excluding hydrogens is 320 g/mol. The Kier molecular flexibility index (Phi) is 5.42. The molecule has 0 aliphatic carbocycles. The van der Waals surface area contributed by atoms with E-state index in [4.69, 9.17) is 4.74 Å². The summed E-state index contributed by atoms with van der Waals surface area (Å²) in [5, 5.41) is 10.7. The highest BCUT2D eigenvalue weighted by atomic mass is 16.6. The van der Waals surface area contributed by atoms with Gasteiger partial charge in [0.15, 0.2) is 0 Å². The molecule has 2 heterocycles. The lowest BCUT2D eigenvalue weighted by atomic mass is 9.90. The van der Waals surface area contributed by atoms with Crippen LogP contribution >= 0.6 is 0 Å². The first kappa shape index (κ1) is 17.1. The lowest BCUT2D eigenvalue weighted by Gasteiger charge is -2.31. The Hall–Kier alpha value is -2.70. The van der Waals surface area contributed by atoms with Crippen molar-refractivity contribution in [2.45, 2.75) is 25.7 Å². The molecule has 1 saturated heterocycles. The maximum Gasteiger partial charge on any atom is 0.305 e. The number of aromatic nitrogens is 2. The minimum absolute atomic E-state index is 0.0712. The van der Waals surface area contributed by atoms with Gasteiger partial charge in [-0.2, -0.15) is 0 Å². The van der Waals surface area contributed by atoms with E-state index < -0.39 is 4.92 Å². The standard InChI is InChI=1S/C18H22N4O3/c1-25-17-6-4-14(5-7-17)2-3-15-8-10-21(11-9-15)18-19-12-16(13-20-18)22(23)24/h4-7,12-13,15H,2-3,8-11H2,1H3. The zero-order valence-corrected chi connectivity index (χ0v) is 14.3. The van der Waals surface area contributed by atoms with E-state index in [0.717, 1.165) is 38.1 Å². The molecule has 7 nitrogen and oxygen atoms in total. The third-order valence-electron chi connectivity index (χ3n) is 4.73. The van der Waals surface area contributed by atoms with Crippen molar-refractivity contribution in [3.05, 3.63) is 52.3 Å². The number of nitro groups is 1. The first-order valence-corrected chi connectivity index (χ1v) is 8.50. The van der Waals surface area contributed by atoms with Crippen LogP contribution in [-0.4, -0.2) is 35.1 Å². The summed E-state index contributed by atoms with van der Waals surface area (Å²) in [6, 6.07) is 8.26. The van der Waals surface area contributed by atoms with Crippen LogP contribution in [0.3, 0.4) is 0 Å². The summed E-state index contributed by atoms with van der Waals surface area (Å²) in [7, 11) is 1.68. The molecule has 1 aliphatic heterocycles. The smallest absolute Gasteiger partial charge is 0.305 e. The number of methoxy groups -OCH3 is 1. The van der Waals surface area contributed by atoms with Crippen LogP contribution < -0.4 is 9.64 Å². The van der Waals surface area contributed by atoms with E-state index in [2.05, 4.69) is 27.0 Å². The average molecular weight is 342 g/mol. The van der Waals surface area contributed by atoms with Gasteiger partial charge in [-0.3, -0.25) is 10.1 Å². The van der Waals surface area contributed by atoms with Crippen LogP contribution in [0.5, 0.6) is 5.75 Å². The minimum atomic E-state index is -0.477. The first-order valence-electron chi connectivity index (χ1n) is 8.50. The van der Waals surface area contributed by atoms with Crippen molar-refractivity contribution in [1.82, 2.24) is 9.97 Å². The maximum atomic E-state index is 10.7. The summed E-state index contributed by atoms with van der Waals surface area (Å²) in [5.41, 5.74) is 1.26. The molecule has 0 saturated carbocycles. The second-order valence-electron chi connectivity index (χ2n) is 6.32. The average Bonchev–Trinajstić information content (AvgIpc) is 2.67. The Bertz CT molecular complexity index is 695. The molecule has 1 aromatic heterocycles. The summed E-state index contributed by atoms with van der Waals surface area (Å²) >= 11 is 0. The monoisotopic (exact) mass is 342 g/mol. The van der Waals surface area contributed by atoms with E-state index in [0.29, 0.717) is 11.9 Å². The Morgan fingerprint density at radius 1 is 1.20 bits per heavy atom. The normalized spacial score (nSPS) is 15.2. The van der Waals surface area contributed by atoms with Gasteiger partial charge in [-0.1, -0.05) is 12.1 Å². The molecule has 1 fully saturated rings. The molecule has 3 rings (SSSR count). The molecule has 0 N–H and O–H groups in total. The first-order chi connectivity index (χ1) is 12.2. The number of nitrogens with zero attached hydrogens (tertiary/aromatic N) is 4.